The highest BCUT2D eigenvalue weighted by Gasteiger charge is 2.19. The van der Waals surface area contributed by atoms with Crippen LogP contribution in [0.5, 0.6) is 5.75 Å². The summed E-state index contributed by atoms with van der Waals surface area (Å²) in [6, 6.07) is 12.0. The Kier molecular flexibility index (Phi) is 3.69. The summed E-state index contributed by atoms with van der Waals surface area (Å²) in [6.45, 7) is 1.45. The molecule has 2 heterocycles. The predicted octanol–water partition coefficient (Wildman–Crippen LogP) is 2.86. The summed E-state index contributed by atoms with van der Waals surface area (Å²) in [4.78, 5) is 4.61. The molecule has 0 radical (unpaired) electrons. The van der Waals surface area contributed by atoms with Gasteiger partial charge in [-0.25, -0.2) is 4.98 Å². The molecule has 0 spiro atoms. The van der Waals surface area contributed by atoms with E-state index in [9.17, 15) is 0 Å². The average molecular weight is 267 g/mol. The van der Waals surface area contributed by atoms with E-state index >= 15 is 0 Å². The molecule has 0 saturated heterocycles. The number of hydrogen-bond donors (Lipinski definition) is 0. The van der Waals surface area contributed by atoms with E-state index in [2.05, 4.69) is 15.6 Å². The molecule has 0 saturated carbocycles. The van der Waals surface area contributed by atoms with Gasteiger partial charge in [0.15, 0.2) is 0 Å². The third-order valence-electron chi connectivity index (χ3n) is 3.64. The molecule has 1 aromatic heterocycles. The van der Waals surface area contributed by atoms with Crippen LogP contribution in [0.2, 0.25) is 0 Å². The van der Waals surface area contributed by atoms with E-state index < -0.39 is 0 Å². The van der Waals surface area contributed by atoms with Gasteiger partial charge in [0, 0.05) is 12.2 Å². The maximum Gasteiger partial charge on any atom is 0.147 e. The first kappa shape index (κ1) is 12.7. The highest BCUT2D eigenvalue weighted by atomic mass is 16.5. The van der Waals surface area contributed by atoms with Crippen molar-refractivity contribution in [1.82, 2.24) is 9.55 Å². The fraction of sp³-hybridized carbons (Fsp3) is 0.375. The molecule has 4 nitrogen and oxygen atoms in total. The lowest BCUT2D eigenvalue weighted by atomic mass is 10.1. The molecule has 0 unspecified atom stereocenters. The molecule has 0 N–H and O–H groups in total. The molecule has 0 aliphatic carbocycles. The smallest absolute Gasteiger partial charge is 0.147 e. The molecular weight excluding hydrogens is 250 g/mol. The van der Waals surface area contributed by atoms with Gasteiger partial charge in [-0.05, 0) is 31.4 Å². The normalized spacial score (nSPS) is 13.6. The average Bonchev–Trinajstić information content (AvgIpc) is 2.85. The van der Waals surface area contributed by atoms with Crippen molar-refractivity contribution in [3.05, 3.63) is 47.5 Å². The fourth-order valence-electron chi connectivity index (χ4n) is 2.69. The van der Waals surface area contributed by atoms with Crippen molar-refractivity contribution in [3.63, 3.8) is 0 Å². The SMILES string of the molecule is N#CCc1nc(COc2ccccc2)n2c1CCCC2. The van der Waals surface area contributed by atoms with E-state index in [4.69, 9.17) is 10.00 Å². The second-order valence-corrected chi connectivity index (χ2v) is 4.97. The van der Waals surface area contributed by atoms with Crippen LogP contribution in [0.15, 0.2) is 30.3 Å². The second-order valence-electron chi connectivity index (χ2n) is 4.97. The van der Waals surface area contributed by atoms with E-state index in [-0.39, 0.29) is 0 Å². The van der Waals surface area contributed by atoms with Crippen LogP contribution in [-0.2, 0) is 26.0 Å². The molecular formula is C16H17N3O. The van der Waals surface area contributed by atoms with Gasteiger partial charge >= 0.3 is 0 Å². The maximum atomic E-state index is 8.91. The lowest BCUT2D eigenvalue weighted by Crippen LogP contribution is -2.14. The summed E-state index contributed by atoms with van der Waals surface area (Å²) in [7, 11) is 0. The van der Waals surface area contributed by atoms with Gasteiger partial charge in [0.2, 0.25) is 0 Å². The van der Waals surface area contributed by atoms with Gasteiger partial charge in [0.25, 0.3) is 0 Å². The molecule has 0 amide bonds. The van der Waals surface area contributed by atoms with Gasteiger partial charge in [-0.3, -0.25) is 0 Å². The maximum absolute atomic E-state index is 8.91. The second kappa shape index (κ2) is 5.79. The monoisotopic (exact) mass is 267 g/mol. The fourth-order valence-corrected chi connectivity index (χ4v) is 2.69. The van der Waals surface area contributed by atoms with E-state index in [1.165, 1.54) is 18.5 Å². The van der Waals surface area contributed by atoms with Crippen LogP contribution in [0.3, 0.4) is 0 Å². The first-order valence-electron chi connectivity index (χ1n) is 7.00. The molecule has 0 fully saturated rings. The number of hydrogen-bond acceptors (Lipinski definition) is 3. The van der Waals surface area contributed by atoms with Gasteiger partial charge < -0.3 is 9.30 Å². The summed E-state index contributed by atoms with van der Waals surface area (Å²) in [6.07, 6.45) is 3.77. The molecule has 2 aromatic rings. The van der Waals surface area contributed by atoms with E-state index in [0.717, 1.165) is 30.2 Å². The summed E-state index contributed by atoms with van der Waals surface area (Å²) in [5.41, 5.74) is 2.16. The summed E-state index contributed by atoms with van der Waals surface area (Å²) < 4.78 is 8.02. The van der Waals surface area contributed by atoms with Crippen LogP contribution in [0.25, 0.3) is 0 Å². The Morgan fingerprint density at radius 2 is 2.10 bits per heavy atom. The lowest BCUT2D eigenvalue weighted by Gasteiger charge is -2.17. The van der Waals surface area contributed by atoms with Crippen molar-refractivity contribution in [2.24, 2.45) is 0 Å². The zero-order valence-corrected chi connectivity index (χ0v) is 11.4. The van der Waals surface area contributed by atoms with Crippen molar-refractivity contribution in [2.45, 2.75) is 38.8 Å². The quantitative estimate of drug-likeness (QED) is 0.856. The summed E-state index contributed by atoms with van der Waals surface area (Å²) in [5.74, 6) is 1.79. The van der Waals surface area contributed by atoms with Crippen molar-refractivity contribution < 1.29 is 4.74 Å². The number of aromatic nitrogens is 2. The van der Waals surface area contributed by atoms with Crippen LogP contribution < -0.4 is 4.74 Å². The van der Waals surface area contributed by atoms with E-state index in [0.29, 0.717) is 13.0 Å². The Bertz CT molecular complexity index is 625. The highest BCUT2D eigenvalue weighted by Crippen LogP contribution is 2.22. The minimum absolute atomic E-state index is 0.390. The minimum Gasteiger partial charge on any atom is -0.486 e. The number of imidazole rings is 1. The van der Waals surface area contributed by atoms with Crippen LogP contribution in [0.4, 0.5) is 0 Å². The molecule has 1 aliphatic rings. The first-order valence-corrected chi connectivity index (χ1v) is 7.00. The number of rotatable bonds is 4. The third-order valence-corrected chi connectivity index (χ3v) is 3.64. The van der Waals surface area contributed by atoms with Crippen molar-refractivity contribution in [1.29, 1.82) is 5.26 Å². The minimum atomic E-state index is 0.390. The van der Waals surface area contributed by atoms with Gasteiger partial charge in [-0.15, -0.1) is 0 Å². The summed E-state index contributed by atoms with van der Waals surface area (Å²) in [5, 5.41) is 8.91. The Balaban J connectivity index is 1.81. The van der Waals surface area contributed by atoms with Gasteiger partial charge in [0.05, 0.1) is 18.2 Å². The van der Waals surface area contributed by atoms with Gasteiger partial charge in [-0.2, -0.15) is 5.26 Å². The molecule has 4 heteroatoms. The molecule has 20 heavy (non-hydrogen) atoms. The Labute approximate surface area is 118 Å². The van der Waals surface area contributed by atoms with Crippen molar-refractivity contribution >= 4 is 0 Å². The van der Waals surface area contributed by atoms with Gasteiger partial charge in [0.1, 0.15) is 18.2 Å². The zero-order chi connectivity index (χ0) is 13.8. The van der Waals surface area contributed by atoms with E-state index in [1.807, 2.05) is 30.3 Å². The molecule has 0 atom stereocenters. The molecule has 1 aliphatic heterocycles. The number of fused-ring (bicyclic) bond motifs is 1. The number of ether oxygens (including phenoxy) is 1. The molecule has 0 bridgehead atoms. The largest absolute Gasteiger partial charge is 0.486 e. The number of para-hydroxylation sites is 1. The lowest BCUT2D eigenvalue weighted by molar-refractivity contribution is 0.286. The van der Waals surface area contributed by atoms with Crippen LogP contribution in [-0.4, -0.2) is 9.55 Å². The van der Waals surface area contributed by atoms with Crippen LogP contribution in [0.1, 0.15) is 30.1 Å². The molecule has 102 valence electrons. The standard InChI is InChI=1S/C16H17N3O/c17-10-9-14-15-8-4-5-11-19(15)16(18-14)12-20-13-6-2-1-3-7-13/h1-3,6-7H,4-5,8-9,11-12H2. The third kappa shape index (κ3) is 2.53. The number of nitrogens with zero attached hydrogens (tertiary/aromatic N) is 3. The molecule has 3 rings (SSSR count). The predicted molar refractivity (Wildman–Crippen MR) is 75.3 cm³/mol. The number of benzene rings is 1. The van der Waals surface area contributed by atoms with Crippen molar-refractivity contribution in [3.8, 4) is 11.8 Å². The Hall–Kier alpha value is -2.28. The van der Waals surface area contributed by atoms with Crippen LogP contribution in [0, 0.1) is 11.3 Å². The Morgan fingerprint density at radius 1 is 1.25 bits per heavy atom. The first-order chi connectivity index (χ1) is 9.88. The topological polar surface area (TPSA) is 50.8 Å². The number of nitriles is 1. The highest BCUT2D eigenvalue weighted by molar-refractivity contribution is 5.24. The van der Waals surface area contributed by atoms with Crippen molar-refractivity contribution in [2.75, 3.05) is 0 Å². The van der Waals surface area contributed by atoms with E-state index in [1.54, 1.807) is 0 Å². The van der Waals surface area contributed by atoms with Crippen LogP contribution >= 0.6 is 0 Å². The zero-order valence-electron chi connectivity index (χ0n) is 11.4. The Morgan fingerprint density at radius 3 is 2.90 bits per heavy atom. The molecule has 1 aromatic carbocycles. The van der Waals surface area contributed by atoms with Gasteiger partial charge in [-0.1, -0.05) is 18.2 Å². The summed E-state index contributed by atoms with van der Waals surface area (Å²) >= 11 is 0.